The largest absolute Gasteiger partial charge is 0.337 e. The summed E-state index contributed by atoms with van der Waals surface area (Å²) in [6.45, 7) is 0. The Morgan fingerprint density at radius 2 is 0.846 bits per heavy atom. The average Bonchev–Trinajstić information content (AvgIpc) is 2.65. The highest BCUT2D eigenvalue weighted by Crippen LogP contribution is 2.04. The van der Waals surface area contributed by atoms with E-state index < -0.39 is 23.9 Å². The van der Waals surface area contributed by atoms with Crippen molar-refractivity contribution in [1.29, 1.82) is 0 Å². The van der Waals surface area contributed by atoms with Crippen molar-refractivity contribution in [2.75, 3.05) is 10.6 Å². The predicted octanol–water partition coefficient (Wildman–Crippen LogP) is 0.692. The van der Waals surface area contributed by atoms with Crippen LogP contribution in [0.4, 0.5) is 21.0 Å². The third kappa shape index (κ3) is 6.20. The lowest BCUT2D eigenvalue weighted by atomic mass is 10.3. The molecule has 10 nitrogen and oxygen atoms in total. The molecule has 10 heteroatoms. The van der Waals surface area contributed by atoms with Crippen LogP contribution in [-0.4, -0.2) is 23.9 Å². The van der Waals surface area contributed by atoms with E-state index in [9.17, 15) is 19.2 Å². The molecule has 2 aromatic carbocycles. The Hall–Kier alpha value is -4.08. The van der Waals surface area contributed by atoms with Crippen molar-refractivity contribution in [3.63, 3.8) is 0 Å². The summed E-state index contributed by atoms with van der Waals surface area (Å²) in [5.41, 5.74) is 8.79. The quantitative estimate of drug-likeness (QED) is 0.348. The molecule has 0 saturated heterocycles. The van der Waals surface area contributed by atoms with Crippen LogP contribution in [0.5, 0.6) is 0 Å². The molecule has 2 rings (SSSR count). The van der Waals surface area contributed by atoms with Gasteiger partial charge >= 0.3 is 23.9 Å². The maximum atomic E-state index is 11.6. The van der Waals surface area contributed by atoms with Crippen molar-refractivity contribution >= 4 is 35.3 Å². The molecule has 2 aromatic rings. The Balaban J connectivity index is 1.68. The third-order valence-corrected chi connectivity index (χ3v) is 2.85. The van der Waals surface area contributed by atoms with Gasteiger partial charge in [0.1, 0.15) is 0 Å². The Morgan fingerprint density at radius 1 is 0.500 bits per heavy atom. The van der Waals surface area contributed by atoms with Gasteiger partial charge in [0, 0.05) is 11.4 Å². The van der Waals surface area contributed by atoms with Crippen LogP contribution in [0, 0.1) is 0 Å². The van der Waals surface area contributed by atoms with Crippen LogP contribution < -0.4 is 32.3 Å². The molecule has 0 aliphatic carbocycles. The van der Waals surface area contributed by atoms with Crippen molar-refractivity contribution in [1.82, 2.24) is 21.7 Å². The second-order valence-electron chi connectivity index (χ2n) is 4.80. The van der Waals surface area contributed by atoms with Crippen molar-refractivity contribution in [3.05, 3.63) is 60.7 Å². The predicted molar refractivity (Wildman–Crippen MR) is 93.5 cm³/mol. The van der Waals surface area contributed by atoms with E-state index in [4.69, 9.17) is 0 Å². The van der Waals surface area contributed by atoms with Crippen molar-refractivity contribution in [2.45, 2.75) is 0 Å². The summed E-state index contributed by atoms with van der Waals surface area (Å²) in [5.74, 6) is -2.35. The van der Waals surface area contributed by atoms with Gasteiger partial charge in [-0.05, 0) is 24.3 Å². The number of benzene rings is 2. The van der Waals surface area contributed by atoms with Crippen LogP contribution in [-0.2, 0) is 9.59 Å². The van der Waals surface area contributed by atoms with Crippen molar-refractivity contribution < 1.29 is 19.2 Å². The van der Waals surface area contributed by atoms with Gasteiger partial charge in [0.25, 0.3) is 0 Å². The molecule has 6 amide bonds. The Kier molecular flexibility index (Phi) is 6.51. The summed E-state index contributed by atoms with van der Waals surface area (Å²) in [4.78, 5) is 46.2. The smallest absolute Gasteiger partial charge is 0.307 e. The van der Waals surface area contributed by atoms with Gasteiger partial charge in [-0.1, -0.05) is 36.4 Å². The lowest BCUT2D eigenvalue weighted by Crippen LogP contribution is -2.54. The summed E-state index contributed by atoms with van der Waals surface area (Å²) in [6.07, 6.45) is 0. The normalized spacial score (nSPS) is 9.38. The van der Waals surface area contributed by atoms with Crippen molar-refractivity contribution in [3.8, 4) is 0 Å². The molecular formula is C16H16N6O4. The fraction of sp³-hybridized carbons (Fsp3) is 0. The first-order chi connectivity index (χ1) is 12.5. The molecule has 0 spiro atoms. The zero-order valence-corrected chi connectivity index (χ0v) is 13.4. The molecule has 0 unspecified atom stereocenters. The molecule has 0 heterocycles. The van der Waals surface area contributed by atoms with Gasteiger partial charge in [-0.15, -0.1) is 0 Å². The number of urea groups is 2. The van der Waals surface area contributed by atoms with Gasteiger partial charge in [-0.3, -0.25) is 20.4 Å². The first-order valence-corrected chi connectivity index (χ1v) is 7.39. The number of anilines is 2. The first-order valence-electron chi connectivity index (χ1n) is 7.39. The highest BCUT2D eigenvalue weighted by atomic mass is 16.2. The standard InChI is InChI=1S/C16H16N6O4/c23-13(19-21-15(25)17-11-7-3-1-4-8-11)14(24)20-22-16(26)18-12-9-5-2-6-10-12/h1-10H,(H,19,23)(H,20,24)(H2,17,21,25)(H2,18,22,26). The number of rotatable bonds is 2. The number of hydrazine groups is 2. The van der Waals surface area contributed by atoms with Gasteiger partial charge in [0.05, 0.1) is 0 Å². The number of hydrogen-bond acceptors (Lipinski definition) is 4. The number of carbonyl (C=O) groups is 4. The van der Waals surface area contributed by atoms with E-state index in [0.29, 0.717) is 11.4 Å². The summed E-state index contributed by atoms with van der Waals surface area (Å²) in [5, 5.41) is 4.88. The van der Waals surface area contributed by atoms with E-state index in [1.165, 1.54) is 0 Å². The van der Waals surface area contributed by atoms with E-state index in [0.717, 1.165) is 0 Å². The molecule has 0 aromatic heterocycles. The van der Waals surface area contributed by atoms with Crippen LogP contribution in [0.3, 0.4) is 0 Å². The molecule has 0 bridgehead atoms. The van der Waals surface area contributed by atoms with Gasteiger partial charge in [-0.25, -0.2) is 20.4 Å². The van der Waals surface area contributed by atoms with E-state index >= 15 is 0 Å². The van der Waals surface area contributed by atoms with E-state index in [1.807, 2.05) is 21.7 Å². The van der Waals surface area contributed by atoms with Gasteiger partial charge in [0.15, 0.2) is 0 Å². The van der Waals surface area contributed by atoms with Gasteiger partial charge < -0.3 is 10.6 Å². The number of hydrogen-bond donors (Lipinski definition) is 6. The number of carbonyl (C=O) groups excluding carboxylic acids is 4. The average molecular weight is 356 g/mol. The molecule has 0 fully saturated rings. The highest BCUT2D eigenvalue weighted by molar-refractivity contribution is 6.35. The molecule has 0 radical (unpaired) electrons. The highest BCUT2D eigenvalue weighted by Gasteiger charge is 2.15. The maximum absolute atomic E-state index is 11.6. The van der Waals surface area contributed by atoms with Gasteiger partial charge in [0.2, 0.25) is 0 Å². The Labute approximate surface area is 148 Å². The molecule has 26 heavy (non-hydrogen) atoms. The van der Waals surface area contributed by atoms with E-state index in [1.54, 1.807) is 60.7 Å². The SMILES string of the molecule is O=C(NNC(=O)C(=O)NNC(=O)Nc1ccccc1)Nc1ccccc1. The number of nitrogens with one attached hydrogen (secondary N) is 6. The summed E-state index contributed by atoms with van der Waals surface area (Å²) in [6, 6.07) is 15.5. The van der Waals surface area contributed by atoms with Crippen LogP contribution in [0.2, 0.25) is 0 Å². The Bertz CT molecular complexity index is 714. The van der Waals surface area contributed by atoms with Crippen LogP contribution in [0.15, 0.2) is 60.7 Å². The number of amides is 6. The molecule has 134 valence electrons. The minimum Gasteiger partial charge on any atom is -0.307 e. The molecule has 0 saturated carbocycles. The lowest BCUT2D eigenvalue weighted by Gasteiger charge is -2.10. The first kappa shape index (κ1) is 18.3. The lowest BCUT2D eigenvalue weighted by molar-refractivity contribution is -0.140. The monoisotopic (exact) mass is 356 g/mol. The maximum Gasteiger partial charge on any atom is 0.337 e. The zero-order valence-electron chi connectivity index (χ0n) is 13.4. The third-order valence-electron chi connectivity index (χ3n) is 2.85. The topological polar surface area (TPSA) is 140 Å². The van der Waals surface area contributed by atoms with Crippen LogP contribution >= 0.6 is 0 Å². The molecular weight excluding hydrogens is 340 g/mol. The van der Waals surface area contributed by atoms with Crippen molar-refractivity contribution in [2.24, 2.45) is 0 Å². The zero-order chi connectivity index (χ0) is 18.8. The summed E-state index contributed by atoms with van der Waals surface area (Å²) >= 11 is 0. The molecule has 6 N–H and O–H groups in total. The fourth-order valence-corrected chi connectivity index (χ4v) is 1.71. The van der Waals surface area contributed by atoms with E-state index in [-0.39, 0.29) is 0 Å². The molecule has 0 atom stereocenters. The second kappa shape index (κ2) is 9.27. The van der Waals surface area contributed by atoms with E-state index in [2.05, 4.69) is 10.6 Å². The fourth-order valence-electron chi connectivity index (χ4n) is 1.71. The van der Waals surface area contributed by atoms with Gasteiger partial charge in [-0.2, -0.15) is 0 Å². The molecule has 0 aliphatic rings. The van der Waals surface area contributed by atoms with Crippen LogP contribution in [0.1, 0.15) is 0 Å². The summed E-state index contributed by atoms with van der Waals surface area (Å²) < 4.78 is 0. The number of para-hydroxylation sites is 2. The minimum atomic E-state index is -1.17. The minimum absolute atomic E-state index is 0.503. The molecule has 0 aliphatic heterocycles. The van der Waals surface area contributed by atoms with Crippen LogP contribution in [0.25, 0.3) is 0 Å². The Morgan fingerprint density at radius 3 is 1.19 bits per heavy atom. The summed E-state index contributed by atoms with van der Waals surface area (Å²) in [7, 11) is 0. The second-order valence-corrected chi connectivity index (χ2v) is 4.80.